The van der Waals surface area contributed by atoms with Gasteiger partial charge in [0.2, 0.25) is 0 Å². The van der Waals surface area contributed by atoms with Gasteiger partial charge in [-0.1, -0.05) is 15.9 Å². The zero-order valence-electron chi connectivity index (χ0n) is 11.1. The van der Waals surface area contributed by atoms with E-state index in [0.29, 0.717) is 22.0 Å². The molecule has 1 atom stereocenters. The van der Waals surface area contributed by atoms with Crippen molar-refractivity contribution in [1.82, 2.24) is 9.78 Å². The summed E-state index contributed by atoms with van der Waals surface area (Å²) in [7, 11) is 1.02. The molecule has 2 rings (SSSR count). The molecule has 0 aliphatic carbocycles. The fraction of sp³-hybridized carbons (Fsp3) is 0.600. The van der Waals surface area contributed by atoms with Gasteiger partial charge in [-0.15, -0.1) is 0 Å². The molecule has 0 radical (unpaired) electrons. The van der Waals surface area contributed by atoms with Crippen LogP contribution in [0.2, 0.25) is 0 Å². The number of nitrogens with zero attached hydrogens (tertiary/aromatic N) is 4. The van der Waals surface area contributed by atoms with Crippen molar-refractivity contribution in [3.05, 3.63) is 11.8 Å². The molecule has 0 N–H and O–H groups in total. The molecule has 0 saturated heterocycles. The molecule has 1 unspecified atom stereocenters. The summed E-state index contributed by atoms with van der Waals surface area (Å²) in [5.41, 5.74) is -1.63. The Bertz CT molecular complexity index is 634. The third kappa shape index (κ3) is 2.90. The maximum absolute atomic E-state index is 13.2. The van der Waals surface area contributed by atoms with Crippen LogP contribution in [0.3, 0.4) is 0 Å². The fourth-order valence-corrected chi connectivity index (χ4v) is 2.09. The third-order valence-corrected chi connectivity index (χ3v) is 3.96. The van der Waals surface area contributed by atoms with Gasteiger partial charge in [-0.3, -0.25) is 4.68 Å². The second-order valence-electron chi connectivity index (χ2n) is 4.75. The van der Waals surface area contributed by atoms with Gasteiger partial charge in [-0.05, 0) is 0 Å². The van der Waals surface area contributed by atoms with Crippen molar-refractivity contribution in [2.75, 3.05) is 11.6 Å². The number of alkyl halides is 9. The van der Waals surface area contributed by atoms with Crippen LogP contribution in [0.5, 0.6) is 0 Å². The largest absolute Gasteiger partial charge is 0.459 e. The minimum Gasteiger partial charge on any atom is -0.251 e. The van der Waals surface area contributed by atoms with E-state index in [0.717, 1.165) is 7.05 Å². The van der Waals surface area contributed by atoms with Crippen molar-refractivity contribution in [1.29, 1.82) is 0 Å². The minimum absolute atomic E-state index is 0.347. The highest BCUT2D eigenvalue weighted by molar-refractivity contribution is 9.10. The highest BCUT2D eigenvalue weighted by Crippen LogP contribution is 2.45. The molecule has 0 bridgehead atoms. The predicted molar refractivity (Wildman–Crippen MR) is 66.7 cm³/mol. The molecule has 0 aromatic carbocycles. The molecule has 4 nitrogen and oxygen atoms in total. The number of hydrogen-bond acceptors (Lipinski definition) is 3. The van der Waals surface area contributed by atoms with E-state index in [-0.39, 0.29) is 0 Å². The zero-order valence-corrected chi connectivity index (χ0v) is 12.6. The van der Waals surface area contributed by atoms with Crippen molar-refractivity contribution in [3.8, 4) is 0 Å². The van der Waals surface area contributed by atoms with Gasteiger partial charge in [-0.2, -0.15) is 45.3 Å². The minimum atomic E-state index is -5.88. The van der Waals surface area contributed by atoms with Gasteiger partial charge < -0.3 is 0 Å². The van der Waals surface area contributed by atoms with E-state index >= 15 is 0 Å². The third-order valence-electron chi connectivity index (χ3n) is 3.05. The first-order chi connectivity index (χ1) is 10.2. The Hall–Kier alpha value is -1.40. The first-order valence-corrected chi connectivity index (χ1v) is 6.56. The summed E-state index contributed by atoms with van der Waals surface area (Å²) in [5, 5.41) is 7.07. The standard InChI is InChI=1S/C10H7BrF8N4/c1-22-6(2-5(21-22)8(12,13)10(17,18)19)23-4-7(11,3-20-23)9(14,15)16/h2-3H,4H2,1H3. The summed E-state index contributed by atoms with van der Waals surface area (Å²) < 4.78 is 100.0. The molecule has 0 fully saturated rings. The quantitative estimate of drug-likeness (QED) is 0.547. The van der Waals surface area contributed by atoms with E-state index in [1.807, 2.05) is 0 Å². The Labute approximate surface area is 131 Å². The van der Waals surface area contributed by atoms with Gasteiger partial charge in [0, 0.05) is 13.1 Å². The van der Waals surface area contributed by atoms with Crippen molar-refractivity contribution in [2.45, 2.75) is 22.6 Å². The highest BCUT2D eigenvalue weighted by atomic mass is 79.9. The van der Waals surface area contributed by atoms with Crippen LogP contribution in [0.1, 0.15) is 5.69 Å². The molecule has 0 saturated carbocycles. The molecule has 1 aliphatic rings. The number of anilines is 1. The first-order valence-electron chi connectivity index (χ1n) is 5.76. The monoisotopic (exact) mass is 414 g/mol. The Morgan fingerprint density at radius 2 is 1.70 bits per heavy atom. The Balaban J connectivity index is 2.33. The van der Waals surface area contributed by atoms with Crippen LogP contribution in [-0.4, -0.2) is 39.2 Å². The molecule has 23 heavy (non-hydrogen) atoms. The van der Waals surface area contributed by atoms with Crippen molar-refractivity contribution in [2.24, 2.45) is 12.1 Å². The zero-order chi connectivity index (χ0) is 17.8. The van der Waals surface area contributed by atoms with E-state index < -0.39 is 40.7 Å². The Morgan fingerprint density at radius 1 is 1.13 bits per heavy atom. The molecule has 1 aliphatic heterocycles. The second-order valence-corrected chi connectivity index (χ2v) is 6.16. The van der Waals surface area contributed by atoms with Gasteiger partial charge in [0.1, 0.15) is 11.5 Å². The van der Waals surface area contributed by atoms with Gasteiger partial charge >= 0.3 is 18.3 Å². The highest BCUT2D eigenvalue weighted by Gasteiger charge is 2.61. The lowest BCUT2D eigenvalue weighted by Crippen LogP contribution is -2.44. The molecule has 13 heteroatoms. The van der Waals surface area contributed by atoms with Crippen LogP contribution in [0.15, 0.2) is 11.2 Å². The smallest absolute Gasteiger partial charge is 0.251 e. The van der Waals surface area contributed by atoms with Gasteiger partial charge in [0.05, 0.1) is 12.8 Å². The van der Waals surface area contributed by atoms with Gasteiger partial charge in [0.25, 0.3) is 0 Å². The summed E-state index contributed by atoms with van der Waals surface area (Å²) in [6.45, 7) is -0.840. The van der Waals surface area contributed by atoms with Crippen LogP contribution >= 0.6 is 15.9 Å². The average Bonchev–Trinajstić information content (AvgIpc) is 2.91. The van der Waals surface area contributed by atoms with Gasteiger partial charge in [-0.25, -0.2) is 5.01 Å². The molecule has 130 valence electrons. The van der Waals surface area contributed by atoms with Crippen LogP contribution in [0.4, 0.5) is 40.9 Å². The van der Waals surface area contributed by atoms with E-state index in [4.69, 9.17) is 0 Å². The van der Waals surface area contributed by atoms with E-state index in [1.54, 1.807) is 0 Å². The maximum atomic E-state index is 13.2. The normalized spacial score (nSPS) is 23.0. The maximum Gasteiger partial charge on any atom is 0.459 e. The number of hydrogen-bond donors (Lipinski definition) is 0. The molecule has 0 spiro atoms. The second kappa shape index (κ2) is 5.05. The lowest BCUT2D eigenvalue weighted by Gasteiger charge is -2.24. The van der Waals surface area contributed by atoms with Crippen LogP contribution in [-0.2, 0) is 13.0 Å². The molecule has 0 amide bonds. The van der Waals surface area contributed by atoms with E-state index in [1.165, 1.54) is 0 Å². The van der Waals surface area contributed by atoms with Crippen LogP contribution in [0, 0.1) is 0 Å². The lowest BCUT2D eigenvalue weighted by atomic mass is 10.1. The predicted octanol–water partition coefficient (Wildman–Crippen LogP) is 3.58. The number of halogens is 9. The number of aromatic nitrogens is 2. The van der Waals surface area contributed by atoms with Crippen LogP contribution < -0.4 is 5.01 Å². The SMILES string of the molecule is Cn1nc(C(F)(F)C(F)(F)F)cc1N1CC(Br)(C(F)(F)F)C=N1. The Morgan fingerprint density at radius 3 is 2.13 bits per heavy atom. The number of hydrazone groups is 1. The van der Waals surface area contributed by atoms with E-state index in [2.05, 4.69) is 26.1 Å². The molecule has 1 aromatic heterocycles. The van der Waals surface area contributed by atoms with Crippen LogP contribution in [0.25, 0.3) is 0 Å². The topological polar surface area (TPSA) is 33.4 Å². The molecular weight excluding hydrogens is 408 g/mol. The summed E-state index contributed by atoms with van der Waals surface area (Å²) in [4.78, 5) is 0. The summed E-state index contributed by atoms with van der Waals surface area (Å²) in [6, 6.07) is 0.347. The average molecular weight is 415 g/mol. The molecule has 2 heterocycles. The summed E-state index contributed by atoms with van der Waals surface area (Å²) in [5.74, 6) is -5.67. The number of rotatable bonds is 2. The Kier molecular flexibility index (Phi) is 3.94. The fourth-order valence-electron chi connectivity index (χ4n) is 1.76. The van der Waals surface area contributed by atoms with Crippen molar-refractivity contribution in [3.63, 3.8) is 0 Å². The summed E-state index contributed by atoms with van der Waals surface area (Å²) in [6.07, 6.45) is -10.1. The van der Waals surface area contributed by atoms with E-state index in [9.17, 15) is 35.1 Å². The van der Waals surface area contributed by atoms with Crippen molar-refractivity contribution < 1.29 is 35.1 Å². The first kappa shape index (κ1) is 17.9. The molecule has 1 aromatic rings. The number of aryl methyl sites for hydroxylation is 1. The molecular formula is C10H7BrF8N4. The van der Waals surface area contributed by atoms with Crippen molar-refractivity contribution >= 4 is 28.0 Å². The summed E-state index contributed by atoms with van der Waals surface area (Å²) >= 11 is 2.43. The lowest BCUT2D eigenvalue weighted by molar-refractivity contribution is -0.291. The van der Waals surface area contributed by atoms with Gasteiger partial charge in [0.15, 0.2) is 4.32 Å².